The van der Waals surface area contributed by atoms with E-state index in [1.807, 2.05) is 0 Å². The largest absolute Gasteiger partial charge is 0.324 e. The summed E-state index contributed by atoms with van der Waals surface area (Å²) in [6.45, 7) is 4.24. The topological polar surface area (TPSA) is 69.2 Å². The van der Waals surface area contributed by atoms with Crippen LogP contribution >= 0.6 is 24.0 Å². The average Bonchev–Trinajstić information content (AvgIpc) is 2.26. The molecule has 18 heavy (non-hydrogen) atoms. The van der Waals surface area contributed by atoms with Gasteiger partial charge in [0.2, 0.25) is 0 Å². The summed E-state index contributed by atoms with van der Waals surface area (Å²) in [6, 6.07) is 4.58. The molecule has 0 fully saturated rings. The van der Waals surface area contributed by atoms with Crippen molar-refractivity contribution in [3.8, 4) is 0 Å². The molecule has 0 saturated carbocycles. The Hall–Kier alpha value is -0.840. The third kappa shape index (κ3) is 4.80. The van der Waals surface area contributed by atoms with Crippen molar-refractivity contribution < 1.29 is 4.92 Å². The molecule has 0 bridgehead atoms. The van der Waals surface area contributed by atoms with Crippen LogP contribution in [0.25, 0.3) is 0 Å². The molecular weight excluding hydrogens is 275 g/mol. The van der Waals surface area contributed by atoms with Crippen molar-refractivity contribution in [2.45, 2.75) is 32.7 Å². The lowest BCUT2D eigenvalue weighted by Crippen LogP contribution is -2.11. The van der Waals surface area contributed by atoms with Crippen LogP contribution in [0.1, 0.15) is 38.3 Å². The van der Waals surface area contributed by atoms with Crippen LogP contribution in [0.4, 0.5) is 5.69 Å². The standard InChI is InChI=1S/C12H17ClN2O2.ClH/c1-8(2)3-6-11(14)9-4-5-10(13)12(7-9)15(16)17;/h4-5,7-8,11H,3,6,14H2,1-2H3;1H/t11-;/m0./s1. The van der Waals surface area contributed by atoms with E-state index >= 15 is 0 Å². The summed E-state index contributed by atoms with van der Waals surface area (Å²) < 4.78 is 0. The Bertz CT molecular complexity index is 411. The molecule has 0 radical (unpaired) electrons. The maximum atomic E-state index is 10.7. The first kappa shape index (κ1) is 17.2. The zero-order valence-corrected chi connectivity index (χ0v) is 12.0. The first-order chi connectivity index (χ1) is 7.91. The molecule has 1 rings (SSSR count). The Morgan fingerprint density at radius 1 is 1.39 bits per heavy atom. The third-order valence-electron chi connectivity index (χ3n) is 2.65. The van der Waals surface area contributed by atoms with Crippen molar-refractivity contribution in [3.05, 3.63) is 38.9 Å². The Kier molecular flexibility index (Phi) is 7.21. The van der Waals surface area contributed by atoms with E-state index in [0.29, 0.717) is 5.92 Å². The Morgan fingerprint density at radius 2 is 2.00 bits per heavy atom. The van der Waals surface area contributed by atoms with Gasteiger partial charge in [-0.25, -0.2) is 0 Å². The number of rotatable bonds is 5. The predicted octanol–water partition coefficient (Wildman–Crippen LogP) is 4.11. The Balaban J connectivity index is 0.00000289. The van der Waals surface area contributed by atoms with Gasteiger partial charge in [0.1, 0.15) is 5.02 Å². The van der Waals surface area contributed by atoms with Crippen molar-refractivity contribution >= 4 is 29.7 Å². The molecule has 0 aliphatic heterocycles. The lowest BCUT2D eigenvalue weighted by Gasteiger charge is -2.13. The fourth-order valence-electron chi connectivity index (χ4n) is 1.58. The normalized spacial score (nSPS) is 12.1. The van der Waals surface area contributed by atoms with Crippen LogP contribution in [-0.4, -0.2) is 4.92 Å². The van der Waals surface area contributed by atoms with E-state index < -0.39 is 4.92 Å². The molecule has 0 spiro atoms. The molecule has 2 N–H and O–H groups in total. The van der Waals surface area contributed by atoms with Gasteiger partial charge in [-0.1, -0.05) is 31.5 Å². The van der Waals surface area contributed by atoms with Crippen LogP contribution in [0.15, 0.2) is 18.2 Å². The summed E-state index contributed by atoms with van der Waals surface area (Å²) in [4.78, 5) is 10.3. The lowest BCUT2D eigenvalue weighted by molar-refractivity contribution is -0.384. The van der Waals surface area contributed by atoms with Crippen LogP contribution < -0.4 is 5.73 Å². The highest BCUT2D eigenvalue weighted by molar-refractivity contribution is 6.32. The van der Waals surface area contributed by atoms with Crippen molar-refractivity contribution in [3.63, 3.8) is 0 Å². The zero-order valence-electron chi connectivity index (χ0n) is 10.4. The second-order valence-corrected chi connectivity index (χ2v) is 4.95. The van der Waals surface area contributed by atoms with Gasteiger partial charge < -0.3 is 5.73 Å². The van der Waals surface area contributed by atoms with E-state index in [2.05, 4.69) is 13.8 Å². The van der Waals surface area contributed by atoms with Crippen molar-refractivity contribution in [2.75, 3.05) is 0 Å². The smallest absolute Gasteiger partial charge is 0.288 e. The molecule has 0 aliphatic carbocycles. The van der Waals surface area contributed by atoms with Crippen molar-refractivity contribution in [1.29, 1.82) is 0 Å². The lowest BCUT2D eigenvalue weighted by atomic mass is 9.98. The summed E-state index contributed by atoms with van der Waals surface area (Å²) in [7, 11) is 0. The third-order valence-corrected chi connectivity index (χ3v) is 2.97. The van der Waals surface area contributed by atoms with Crippen molar-refractivity contribution in [2.24, 2.45) is 11.7 Å². The fraction of sp³-hybridized carbons (Fsp3) is 0.500. The molecule has 0 unspecified atom stereocenters. The highest BCUT2D eigenvalue weighted by Gasteiger charge is 2.16. The summed E-state index contributed by atoms with van der Waals surface area (Å²) in [6.07, 6.45) is 1.81. The van der Waals surface area contributed by atoms with Crippen LogP contribution in [0, 0.1) is 16.0 Å². The van der Waals surface area contributed by atoms with E-state index in [-0.39, 0.29) is 29.2 Å². The van der Waals surface area contributed by atoms with E-state index in [4.69, 9.17) is 17.3 Å². The molecule has 1 aromatic rings. The highest BCUT2D eigenvalue weighted by Crippen LogP contribution is 2.28. The maximum absolute atomic E-state index is 10.7. The first-order valence-electron chi connectivity index (χ1n) is 5.61. The van der Waals surface area contributed by atoms with Crippen LogP contribution in [0.5, 0.6) is 0 Å². The van der Waals surface area contributed by atoms with Crippen molar-refractivity contribution in [1.82, 2.24) is 0 Å². The number of nitro groups is 1. The van der Waals surface area contributed by atoms with Gasteiger partial charge in [-0.2, -0.15) is 0 Å². The van der Waals surface area contributed by atoms with Crippen LogP contribution in [-0.2, 0) is 0 Å². The van der Waals surface area contributed by atoms with Gasteiger partial charge in [-0.15, -0.1) is 12.4 Å². The molecule has 1 aromatic carbocycles. The van der Waals surface area contributed by atoms with Gasteiger partial charge in [0.15, 0.2) is 0 Å². The Morgan fingerprint density at radius 3 is 2.50 bits per heavy atom. The second kappa shape index (κ2) is 7.56. The maximum Gasteiger partial charge on any atom is 0.288 e. The van der Waals surface area contributed by atoms with E-state index in [9.17, 15) is 10.1 Å². The van der Waals surface area contributed by atoms with Crippen LogP contribution in [0.3, 0.4) is 0 Å². The molecule has 0 aliphatic rings. The number of nitrogens with zero attached hydrogens (tertiary/aromatic N) is 1. The van der Waals surface area contributed by atoms with Crippen LogP contribution in [0.2, 0.25) is 5.02 Å². The first-order valence-corrected chi connectivity index (χ1v) is 5.99. The summed E-state index contributed by atoms with van der Waals surface area (Å²) in [5.74, 6) is 0.573. The SMILES string of the molecule is CC(C)CC[C@H](N)c1ccc(Cl)c([N+](=O)[O-])c1.Cl. The minimum atomic E-state index is -0.485. The minimum Gasteiger partial charge on any atom is -0.324 e. The number of benzene rings is 1. The van der Waals surface area contributed by atoms with E-state index in [1.165, 1.54) is 12.1 Å². The number of nitrogens with two attached hydrogens (primary N) is 1. The van der Waals surface area contributed by atoms with Gasteiger partial charge >= 0.3 is 0 Å². The van der Waals surface area contributed by atoms with Gasteiger partial charge in [0.05, 0.1) is 4.92 Å². The highest BCUT2D eigenvalue weighted by atomic mass is 35.5. The van der Waals surface area contributed by atoms with E-state index in [1.54, 1.807) is 6.07 Å². The molecule has 1 atom stereocenters. The quantitative estimate of drug-likeness (QED) is 0.656. The molecule has 6 heteroatoms. The number of hydrogen-bond acceptors (Lipinski definition) is 3. The molecule has 0 heterocycles. The van der Waals surface area contributed by atoms with Gasteiger partial charge in [-0.05, 0) is 30.4 Å². The molecule has 102 valence electrons. The molecule has 0 amide bonds. The average molecular weight is 293 g/mol. The fourth-order valence-corrected chi connectivity index (χ4v) is 1.77. The predicted molar refractivity (Wildman–Crippen MR) is 76.4 cm³/mol. The van der Waals surface area contributed by atoms with E-state index in [0.717, 1.165) is 18.4 Å². The summed E-state index contributed by atoms with van der Waals surface area (Å²) >= 11 is 5.74. The molecular formula is C12H18Cl2N2O2. The molecule has 4 nitrogen and oxygen atoms in total. The molecule has 0 saturated heterocycles. The van der Waals surface area contributed by atoms with Gasteiger partial charge in [0, 0.05) is 12.1 Å². The number of hydrogen-bond donors (Lipinski definition) is 1. The minimum absolute atomic E-state index is 0. The number of nitro benzene ring substituents is 1. The van der Waals surface area contributed by atoms with Gasteiger partial charge in [-0.3, -0.25) is 10.1 Å². The Labute approximate surface area is 118 Å². The van der Waals surface area contributed by atoms with Gasteiger partial charge in [0.25, 0.3) is 5.69 Å². The summed E-state index contributed by atoms with van der Waals surface area (Å²) in [5, 5.41) is 10.9. The number of halogens is 2. The zero-order chi connectivity index (χ0) is 13.0. The second-order valence-electron chi connectivity index (χ2n) is 4.55. The molecule has 0 aromatic heterocycles. The monoisotopic (exact) mass is 292 g/mol. The summed E-state index contributed by atoms with van der Waals surface area (Å²) in [5.41, 5.74) is 6.68.